The number of methoxy groups -OCH3 is 2. The third-order valence-electron chi connectivity index (χ3n) is 17.2. The summed E-state index contributed by atoms with van der Waals surface area (Å²) < 4.78 is 82.9. The van der Waals surface area contributed by atoms with E-state index in [1.54, 1.807) is 12.2 Å². The van der Waals surface area contributed by atoms with Crippen LogP contribution in [0.4, 0.5) is 0 Å². The van der Waals surface area contributed by atoms with Gasteiger partial charge in [0.05, 0.1) is 127 Å². The molecule has 92 heavy (non-hydrogen) atoms. The van der Waals surface area contributed by atoms with E-state index in [9.17, 15) is 76.9 Å². The molecule has 0 radical (unpaired) electrons. The van der Waals surface area contributed by atoms with Crippen LogP contribution in [0.5, 0.6) is 34.5 Å². The molecule has 0 saturated heterocycles. The second-order valence-corrected chi connectivity index (χ2v) is 26.2. The number of phenols is 4. The number of fused-ring (bicyclic) bond motifs is 2. The first-order valence-electron chi connectivity index (χ1n) is 29.1. The van der Waals surface area contributed by atoms with Crippen LogP contribution in [0.2, 0.25) is 0 Å². The molecular formula is C66H64O24S2. The highest BCUT2D eigenvalue weighted by Gasteiger charge is 2.35. The Morgan fingerprint density at radius 2 is 0.739 bits per heavy atom. The SMILES string of the molecule is COc1c(O)c2c(=O)cc(CO)c3c4c(CO)cc(=O)c5c(O)c(CCS(=O)(=O)OCCOCCO)c6c(c(c1C=C(C)C6)c23)c54.COc1c(O)c2c(=O)cc(CO)c3c4c(CO)cc(=O)c5c(O)c(CCS(=O)(=O)OCCOCCO)c6c(c(c1CC(C)=C6)c23)c54. The maximum atomic E-state index is 13.7. The van der Waals surface area contributed by atoms with Gasteiger partial charge in [-0.3, -0.25) is 27.5 Å². The van der Waals surface area contributed by atoms with Crippen molar-refractivity contribution in [3.8, 4) is 34.5 Å². The van der Waals surface area contributed by atoms with Gasteiger partial charge in [0.15, 0.2) is 44.7 Å². The average Bonchev–Trinajstić information content (AvgIpc) is 1.05. The summed E-state index contributed by atoms with van der Waals surface area (Å²) in [6.45, 7) is 0.234. The molecule has 10 aromatic rings. The zero-order valence-electron chi connectivity index (χ0n) is 50.2. The standard InChI is InChI=1S/2C33H32O12S/c2*1-15-9-19-18(3-8-46(41,42)45-7-6-44-5-4-34)31(39)27-21(37)11-16(13-35)23-24-17(14-36)12-22(38)28-30(24)26(25(19)29(23)27)20(10-15)33(43-2)32(28)40/h10-12,34-36,39-40H,3-9,13-14H2,1-2H3;9,11-12,34-36,39-40H,3-8,10,13-14H2,1-2H3. The van der Waals surface area contributed by atoms with Gasteiger partial charge in [0, 0.05) is 43.6 Å². The van der Waals surface area contributed by atoms with E-state index in [-0.39, 0.29) is 167 Å². The predicted octanol–water partition coefficient (Wildman–Crippen LogP) is 4.31. The molecule has 26 heteroatoms. The summed E-state index contributed by atoms with van der Waals surface area (Å²) >= 11 is 0. The van der Waals surface area contributed by atoms with Gasteiger partial charge >= 0.3 is 0 Å². The summed E-state index contributed by atoms with van der Waals surface area (Å²) in [6.07, 6.45) is 3.46. The summed E-state index contributed by atoms with van der Waals surface area (Å²) in [5, 5.41) is 110. The molecule has 0 amide bonds. The Balaban J connectivity index is 0.000000188. The first-order valence-corrected chi connectivity index (χ1v) is 32.3. The van der Waals surface area contributed by atoms with E-state index in [1.165, 1.54) is 38.5 Å². The second-order valence-electron chi connectivity index (χ2n) is 22.6. The minimum atomic E-state index is -4.13. The summed E-state index contributed by atoms with van der Waals surface area (Å²) in [5.74, 6) is -2.69. The van der Waals surface area contributed by atoms with Gasteiger partial charge in [0.1, 0.15) is 11.5 Å². The van der Waals surface area contributed by atoms with Gasteiger partial charge in [-0.2, -0.15) is 16.8 Å². The molecule has 0 saturated carbocycles. The Hall–Kier alpha value is -8.22. The minimum absolute atomic E-state index is 0.0146. The quantitative estimate of drug-likeness (QED) is 0.0174. The van der Waals surface area contributed by atoms with Crippen LogP contribution >= 0.6 is 0 Å². The number of phenolic OH excluding ortho intramolecular Hbond substituents is 4. The van der Waals surface area contributed by atoms with E-state index in [0.717, 1.165) is 11.1 Å². The number of aliphatic hydroxyl groups is 6. The van der Waals surface area contributed by atoms with E-state index in [4.69, 9.17) is 37.5 Å². The number of benzene rings is 10. The number of hydrogen-bond acceptors (Lipinski definition) is 24. The molecule has 0 bridgehead atoms. The molecule has 0 heterocycles. The van der Waals surface area contributed by atoms with Crippen LogP contribution in [-0.2, 0) is 90.2 Å². The van der Waals surface area contributed by atoms with Gasteiger partial charge in [0.25, 0.3) is 20.2 Å². The average molecular weight is 1310 g/mol. The smallest absolute Gasteiger partial charge is 0.267 e. The van der Waals surface area contributed by atoms with E-state index in [2.05, 4.69) is 0 Å². The molecular weight excluding hydrogens is 1240 g/mol. The molecule has 0 atom stereocenters. The maximum absolute atomic E-state index is 13.7. The summed E-state index contributed by atoms with van der Waals surface area (Å²) in [7, 11) is -5.55. The van der Waals surface area contributed by atoms with Crippen molar-refractivity contribution >= 4 is 119 Å². The van der Waals surface area contributed by atoms with E-state index in [1.807, 2.05) is 13.8 Å². The normalized spacial score (nSPS) is 13.5. The fourth-order valence-electron chi connectivity index (χ4n) is 13.8. The lowest BCUT2D eigenvalue weighted by Crippen LogP contribution is -2.17. The third kappa shape index (κ3) is 10.7. The van der Waals surface area contributed by atoms with Gasteiger partial charge in [-0.15, -0.1) is 0 Å². The van der Waals surface area contributed by atoms with Crippen molar-refractivity contribution in [2.75, 3.05) is 78.6 Å². The third-order valence-corrected chi connectivity index (χ3v) is 19.7. The Morgan fingerprint density at radius 3 is 1.15 bits per heavy atom. The highest BCUT2D eigenvalue weighted by Crippen LogP contribution is 2.56. The van der Waals surface area contributed by atoms with Gasteiger partial charge in [-0.05, 0) is 140 Å². The fourth-order valence-corrected chi connectivity index (χ4v) is 15.6. The molecule has 2 aliphatic rings. The molecule has 24 nitrogen and oxygen atoms in total. The van der Waals surface area contributed by atoms with E-state index < -0.39 is 97.1 Å². The van der Waals surface area contributed by atoms with Crippen molar-refractivity contribution < 1.29 is 95.2 Å². The van der Waals surface area contributed by atoms with Crippen LogP contribution in [0.25, 0.3) is 98.3 Å². The Morgan fingerprint density at radius 1 is 0.391 bits per heavy atom. The van der Waals surface area contributed by atoms with E-state index in [0.29, 0.717) is 70.7 Å². The lowest BCUT2D eigenvalue weighted by atomic mass is 9.80. The zero-order valence-corrected chi connectivity index (χ0v) is 51.8. The lowest BCUT2D eigenvalue weighted by molar-refractivity contribution is 0.0719. The Bertz CT molecular complexity index is 5240. The number of aromatic hydroxyl groups is 4. The van der Waals surface area contributed by atoms with Crippen LogP contribution in [0.1, 0.15) is 69.5 Å². The summed E-state index contributed by atoms with van der Waals surface area (Å²) in [4.78, 5) is 54.4. The molecule has 0 aliphatic heterocycles. The first-order chi connectivity index (χ1) is 44.0. The number of ether oxygens (including phenoxy) is 4. The van der Waals surface area contributed by atoms with Gasteiger partial charge in [0.2, 0.25) is 0 Å². The molecule has 484 valence electrons. The number of rotatable bonds is 24. The van der Waals surface area contributed by atoms with Crippen LogP contribution in [0.15, 0.2) is 54.6 Å². The molecule has 0 fully saturated rings. The van der Waals surface area contributed by atoms with Crippen LogP contribution in [0.3, 0.4) is 0 Å². The number of allylic oxidation sites excluding steroid dienone is 2. The molecule has 0 unspecified atom stereocenters. The molecule has 0 spiro atoms. The van der Waals surface area contributed by atoms with Gasteiger partial charge in [-0.25, -0.2) is 0 Å². The van der Waals surface area contributed by atoms with Crippen molar-refractivity contribution in [2.24, 2.45) is 0 Å². The maximum Gasteiger partial charge on any atom is 0.267 e. The monoisotopic (exact) mass is 1300 g/mol. The highest BCUT2D eigenvalue weighted by atomic mass is 32.2. The summed E-state index contributed by atoms with van der Waals surface area (Å²) in [6, 6.07) is 4.73. The van der Waals surface area contributed by atoms with Crippen molar-refractivity contribution in [1.82, 2.24) is 0 Å². The fraction of sp³-hybridized carbons (Fsp3) is 0.333. The zero-order chi connectivity index (χ0) is 66.2. The second kappa shape index (κ2) is 25.4. The van der Waals surface area contributed by atoms with Gasteiger partial charge in [-0.1, -0.05) is 23.3 Å². The molecule has 2 aliphatic carbocycles. The van der Waals surface area contributed by atoms with Crippen molar-refractivity contribution in [3.63, 3.8) is 0 Å². The minimum Gasteiger partial charge on any atom is -0.507 e. The lowest BCUT2D eigenvalue weighted by Gasteiger charge is -2.24. The molecule has 10 N–H and O–H groups in total. The van der Waals surface area contributed by atoms with Crippen LogP contribution in [0, 0.1) is 0 Å². The topological polar surface area (TPSA) is 394 Å². The van der Waals surface area contributed by atoms with Crippen LogP contribution < -0.4 is 31.2 Å². The number of hydrogen-bond donors (Lipinski definition) is 10. The molecule has 10 aromatic carbocycles. The molecule has 0 aromatic heterocycles. The van der Waals surface area contributed by atoms with Gasteiger partial charge < -0.3 is 70.0 Å². The predicted molar refractivity (Wildman–Crippen MR) is 344 cm³/mol. The number of aliphatic hydroxyl groups excluding tert-OH is 6. The molecule has 12 rings (SSSR count). The highest BCUT2D eigenvalue weighted by molar-refractivity contribution is 7.86. The van der Waals surface area contributed by atoms with Crippen molar-refractivity contribution in [3.05, 3.63) is 132 Å². The largest absolute Gasteiger partial charge is 0.507 e. The first kappa shape index (κ1) is 65.3. The Labute approximate surface area is 522 Å². The Kier molecular flexibility index (Phi) is 18.0. The van der Waals surface area contributed by atoms with Crippen molar-refractivity contribution in [2.45, 2.75) is 66.0 Å². The summed E-state index contributed by atoms with van der Waals surface area (Å²) in [5.41, 5.74) is 2.03. The van der Waals surface area contributed by atoms with Crippen LogP contribution in [-0.4, -0.2) is 146 Å². The van der Waals surface area contributed by atoms with E-state index >= 15 is 0 Å². The van der Waals surface area contributed by atoms with Crippen molar-refractivity contribution in [1.29, 1.82) is 0 Å².